The number of rotatable bonds is 6. The van der Waals surface area contributed by atoms with Crippen LogP contribution in [-0.2, 0) is 9.53 Å². The molecule has 1 heterocycles. The number of ether oxygens (including phenoxy) is 1. The molecule has 0 radical (unpaired) electrons. The lowest BCUT2D eigenvalue weighted by Gasteiger charge is -2.21. The minimum atomic E-state index is -1.16. The molecule has 1 aromatic heterocycles. The largest absolute Gasteiger partial charge is 0.477 e. The number of carboxylic acids is 1. The number of halogens is 1. The summed E-state index contributed by atoms with van der Waals surface area (Å²) in [7, 11) is 0. The summed E-state index contributed by atoms with van der Waals surface area (Å²) in [6, 6.07) is 7.07. The van der Waals surface area contributed by atoms with Gasteiger partial charge in [-0.2, -0.15) is 0 Å². The highest BCUT2D eigenvalue weighted by molar-refractivity contribution is 9.10. The topological polar surface area (TPSA) is 116 Å². The molecule has 7 nitrogen and oxygen atoms in total. The number of aromatic amines is 1. The zero-order valence-electron chi connectivity index (χ0n) is 15.6. The van der Waals surface area contributed by atoms with Gasteiger partial charge in [0, 0.05) is 10.0 Å². The lowest BCUT2D eigenvalue weighted by molar-refractivity contribution is -0.146. The van der Waals surface area contributed by atoms with Crippen LogP contribution in [0.2, 0.25) is 0 Å². The van der Waals surface area contributed by atoms with Crippen LogP contribution >= 0.6 is 15.9 Å². The molecular formula is C19H22BrN3O4. The van der Waals surface area contributed by atoms with E-state index in [4.69, 9.17) is 10.1 Å². The Hall–Kier alpha value is -2.48. The summed E-state index contributed by atoms with van der Waals surface area (Å²) in [4.78, 5) is 31.1. The first-order valence-corrected chi connectivity index (χ1v) is 9.23. The third-order valence-electron chi connectivity index (χ3n) is 3.76. The Kier molecular flexibility index (Phi) is 6.20. The molecule has 1 atom stereocenters. The van der Waals surface area contributed by atoms with Gasteiger partial charge in [-0.05, 0) is 39.3 Å². The second kappa shape index (κ2) is 8.04. The number of esters is 1. The molecule has 0 aliphatic carbocycles. The summed E-state index contributed by atoms with van der Waals surface area (Å²) < 4.78 is 6.12. The fourth-order valence-electron chi connectivity index (χ4n) is 2.54. The van der Waals surface area contributed by atoms with E-state index in [0.717, 1.165) is 4.47 Å². The van der Waals surface area contributed by atoms with Gasteiger partial charge >= 0.3 is 11.9 Å². The fourth-order valence-corrected chi connectivity index (χ4v) is 2.80. The highest BCUT2D eigenvalue weighted by atomic mass is 79.9. The first-order chi connectivity index (χ1) is 12.5. The molecule has 0 bridgehead atoms. The Bertz CT molecular complexity index is 866. The van der Waals surface area contributed by atoms with Crippen molar-refractivity contribution in [2.24, 2.45) is 0 Å². The molecular weight excluding hydrogens is 414 g/mol. The summed E-state index contributed by atoms with van der Waals surface area (Å²) in [6.07, 6.45) is 0.393. The van der Waals surface area contributed by atoms with E-state index in [9.17, 15) is 14.7 Å². The van der Waals surface area contributed by atoms with Gasteiger partial charge in [-0.15, -0.1) is 0 Å². The molecule has 8 heteroatoms. The summed E-state index contributed by atoms with van der Waals surface area (Å²) >= 11 is 3.34. The van der Waals surface area contributed by atoms with Crippen LogP contribution in [0.15, 0.2) is 28.7 Å². The lowest BCUT2D eigenvalue weighted by atomic mass is 9.99. The van der Waals surface area contributed by atoms with Gasteiger partial charge in [-0.1, -0.05) is 35.0 Å². The number of hydrogen-bond acceptors (Lipinski definition) is 5. The Morgan fingerprint density at radius 2 is 1.89 bits per heavy atom. The van der Waals surface area contributed by atoms with Crippen LogP contribution in [-0.4, -0.2) is 38.3 Å². The fraction of sp³-hybridized carbons (Fsp3) is 0.368. The van der Waals surface area contributed by atoms with Crippen molar-refractivity contribution in [2.45, 2.75) is 45.6 Å². The molecule has 1 aromatic carbocycles. The molecule has 144 valence electrons. The quantitative estimate of drug-likeness (QED) is 0.459. The van der Waals surface area contributed by atoms with Crippen LogP contribution in [0.3, 0.4) is 0 Å². The number of imidazole rings is 1. The van der Waals surface area contributed by atoms with Crippen molar-refractivity contribution < 1.29 is 19.4 Å². The number of nitrogens with zero attached hydrogens (tertiary/aromatic N) is 1. The highest BCUT2D eigenvalue weighted by Crippen LogP contribution is 2.28. The molecule has 0 aliphatic rings. The van der Waals surface area contributed by atoms with E-state index in [1.165, 1.54) is 0 Å². The summed E-state index contributed by atoms with van der Waals surface area (Å²) in [5.74, 6) is -2.34. The molecule has 0 fully saturated rings. The number of benzene rings is 1. The van der Waals surface area contributed by atoms with Crippen molar-refractivity contribution in [3.8, 4) is 11.3 Å². The highest BCUT2D eigenvalue weighted by Gasteiger charge is 2.30. The van der Waals surface area contributed by atoms with Crippen LogP contribution in [0.25, 0.3) is 11.3 Å². The van der Waals surface area contributed by atoms with Gasteiger partial charge in [0.15, 0.2) is 5.69 Å². The maximum absolute atomic E-state index is 12.3. The minimum Gasteiger partial charge on any atom is -0.477 e. The number of carboxylic acid groups (broad SMARTS) is 1. The first-order valence-electron chi connectivity index (χ1n) is 8.44. The Morgan fingerprint density at radius 1 is 1.30 bits per heavy atom. The predicted molar refractivity (Wildman–Crippen MR) is 105 cm³/mol. The number of aromatic nitrogens is 2. The Labute approximate surface area is 165 Å². The third kappa shape index (κ3) is 5.03. The van der Waals surface area contributed by atoms with Gasteiger partial charge in [0.1, 0.15) is 22.8 Å². The van der Waals surface area contributed by atoms with Gasteiger partial charge in [0.05, 0.1) is 5.92 Å². The van der Waals surface area contributed by atoms with Crippen LogP contribution in [0, 0.1) is 5.41 Å². The summed E-state index contributed by atoms with van der Waals surface area (Å²) in [6.45, 7) is 6.96. The molecule has 0 saturated heterocycles. The number of H-pyrrole nitrogens is 1. The summed E-state index contributed by atoms with van der Waals surface area (Å²) in [5, 5.41) is 17.7. The zero-order valence-corrected chi connectivity index (χ0v) is 17.2. The smallest absolute Gasteiger partial charge is 0.354 e. The minimum absolute atomic E-state index is 0.0808. The maximum atomic E-state index is 12.3. The maximum Gasteiger partial charge on any atom is 0.354 e. The molecule has 0 unspecified atom stereocenters. The van der Waals surface area contributed by atoms with E-state index < -0.39 is 23.5 Å². The van der Waals surface area contributed by atoms with Crippen molar-refractivity contribution in [1.29, 1.82) is 5.41 Å². The van der Waals surface area contributed by atoms with Crippen LogP contribution in [0.5, 0.6) is 0 Å². The Balaban J connectivity index is 2.43. The molecule has 2 rings (SSSR count). The van der Waals surface area contributed by atoms with Crippen molar-refractivity contribution in [2.75, 3.05) is 0 Å². The molecule has 0 saturated carbocycles. The van der Waals surface area contributed by atoms with E-state index in [-0.39, 0.29) is 22.9 Å². The predicted octanol–water partition coefficient (Wildman–Crippen LogP) is 4.39. The lowest BCUT2D eigenvalue weighted by Crippen LogP contribution is -2.31. The van der Waals surface area contributed by atoms with Gasteiger partial charge in [-0.25, -0.2) is 14.6 Å². The molecule has 0 amide bonds. The van der Waals surface area contributed by atoms with E-state index in [0.29, 0.717) is 12.0 Å². The standard InChI is InChI=1S/C19H22BrN3O4/c1-5-12(13(21)18(26)27-19(2,3)4)16-22-14(15(23-16)17(24)25)10-6-8-11(20)9-7-10/h6-9,12,21H,5H2,1-4H3,(H,22,23)(H,24,25)/t12-/m0/s1. The molecule has 3 N–H and O–H groups in total. The van der Waals surface area contributed by atoms with Crippen LogP contribution in [0.1, 0.15) is 56.3 Å². The van der Waals surface area contributed by atoms with Crippen LogP contribution in [0.4, 0.5) is 0 Å². The molecule has 0 spiro atoms. The van der Waals surface area contributed by atoms with Gasteiger partial charge in [0.2, 0.25) is 0 Å². The van der Waals surface area contributed by atoms with Gasteiger partial charge < -0.3 is 14.8 Å². The van der Waals surface area contributed by atoms with Crippen molar-refractivity contribution >= 4 is 33.6 Å². The normalized spacial score (nSPS) is 12.5. The van der Waals surface area contributed by atoms with Crippen molar-refractivity contribution in [1.82, 2.24) is 9.97 Å². The molecule has 27 heavy (non-hydrogen) atoms. The Morgan fingerprint density at radius 3 is 2.37 bits per heavy atom. The van der Waals surface area contributed by atoms with Crippen molar-refractivity contribution in [3.63, 3.8) is 0 Å². The zero-order chi connectivity index (χ0) is 20.4. The summed E-state index contributed by atoms with van der Waals surface area (Å²) in [5.41, 5.74) is -0.181. The number of carbonyl (C=O) groups excluding carboxylic acids is 1. The van der Waals surface area contributed by atoms with E-state index >= 15 is 0 Å². The van der Waals surface area contributed by atoms with Gasteiger partial charge in [-0.3, -0.25) is 5.41 Å². The second-order valence-corrected chi connectivity index (χ2v) is 7.95. The molecule has 2 aromatic rings. The van der Waals surface area contributed by atoms with E-state index in [1.807, 2.05) is 0 Å². The number of hydrogen-bond donors (Lipinski definition) is 3. The van der Waals surface area contributed by atoms with E-state index in [2.05, 4.69) is 25.9 Å². The van der Waals surface area contributed by atoms with Gasteiger partial charge in [0.25, 0.3) is 0 Å². The monoisotopic (exact) mass is 435 g/mol. The van der Waals surface area contributed by atoms with E-state index in [1.54, 1.807) is 52.0 Å². The van der Waals surface area contributed by atoms with Crippen LogP contribution < -0.4 is 0 Å². The number of aromatic carboxylic acids is 1. The molecule has 0 aliphatic heterocycles. The first kappa shape index (κ1) is 20.8. The third-order valence-corrected chi connectivity index (χ3v) is 4.29. The second-order valence-electron chi connectivity index (χ2n) is 7.03. The number of carbonyl (C=O) groups is 2. The SMILES string of the molecule is CC[C@@H](C(=N)C(=O)OC(C)(C)C)c1nc(-c2ccc(Br)cc2)c(C(=O)O)[nH]1. The average molecular weight is 436 g/mol. The van der Waals surface area contributed by atoms with Crippen molar-refractivity contribution in [3.05, 3.63) is 40.3 Å². The average Bonchev–Trinajstić information content (AvgIpc) is 3.00. The number of nitrogens with one attached hydrogen (secondary N) is 2.